The molecule has 0 N–H and O–H groups in total. The molecule has 5 nitrogen and oxygen atoms in total. The van der Waals surface area contributed by atoms with Gasteiger partial charge in [-0.1, -0.05) is 91.0 Å². The number of carbonyl (C=O) groups is 3. The Morgan fingerprint density at radius 3 is 1.62 bits per heavy atom. The second-order valence-corrected chi connectivity index (χ2v) is 9.88. The first-order valence-corrected chi connectivity index (χ1v) is 12.5. The zero-order chi connectivity index (χ0) is 25.1. The van der Waals surface area contributed by atoms with Gasteiger partial charge in [0, 0.05) is 11.8 Å². The standard InChI is InChI=1S/C32H23NO4/c34-26(18-19-10-2-1-3-11-19)37-25-17-9-8-16-24(25)33-31(35)29-27-20-12-4-5-13-21(20)28(30(29)32(33)36)23-15-7-6-14-22(23)27/h1-17,27-30H,18H2/t27?,28?,29-,30-/m1/s1. The van der Waals surface area contributed by atoms with Crippen LogP contribution in [0.15, 0.2) is 103 Å². The summed E-state index contributed by atoms with van der Waals surface area (Å²) < 4.78 is 5.72. The molecule has 0 saturated carbocycles. The quantitative estimate of drug-likeness (QED) is 0.226. The van der Waals surface area contributed by atoms with Gasteiger partial charge in [0.15, 0.2) is 5.75 Å². The maximum absolute atomic E-state index is 14.1. The largest absolute Gasteiger partial charge is 0.424 e. The summed E-state index contributed by atoms with van der Waals surface area (Å²) in [5.41, 5.74) is 5.64. The van der Waals surface area contributed by atoms with E-state index in [0.29, 0.717) is 5.69 Å². The smallest absolute Gasteiger partial charge is 0.315 e. The lowest BCUT2D eigenvalue weighted by Crippen LogP contribution is -2.41. The average Bonchev–Trinajstić information content (AvgIpc) is 3.19. The maximum atomic E-state index is 14.1. The number of imide groups is 1. The summed E-state index contributed by atoms with van der Waals surface area (Å²) in [4.78, 5) is 42.1. The maximum Gasteiger partial charge on any atom is 0.315 e. The molecule has 180 valence electrons. The van der Waals surface area contributed by atoms with Gasteiger partial charge in [0.2, 0.25) is 11.8 Å². The van der Waals surface area contributed by atoms with Gasteiger partial charge in [0.25, 0.3) is 0 Å². The monoisotopic (exact) mass is 485 g/mol. The lowest BCUT2D eigenvalue weighted by Gasteiger charge is -2.45. The Morgan fingerprint density at radius 1 is 0.622 bits per heavy atom. The van der Waals surface area contributed by atoms with Crippen LogP contribution in [-0.2, 0) is 20.8 Å². The van der Waals surface area contributed by atoms with Crippen LogP contribution >= 0.6 is 0 Å². The molecule has 1 aliphatic heterocycles. The second kappa shape index (κ2) is 8.27. The number of hydrogen-bond acceptors (Lipinski definition) is 4. The Kier molecular flexibility index (Phi) is 4.86. The number of carbonyl (C=O) groups excluding carboxylic acids is 3. The fourth-order valence-corrected chi connectivity index (χ4v) is 6.56. The van der Waals surface area contributed by atoms with E-state index in [1.807, 2.05) is 54.6 Å². The molecular weight excluding hydrogens is 462 g/mol. The van der Waals surface area contributed by atoms with E-state index < -0.39 is 17.8 Å². The molecule has 2 bridgehead atoms. The van der Waals surface area contributed by atoms with Crippen LogP contribution in [0.1, 0.15) is 39.7 Å². The highest BCUT2D eigenvalue weighted by molar-refractivity contribution is 6.24. The van der Waals surface area contributed by atoms with Gasteiger partial charge in [-0.3, -0.25) is 14.4 Å². The summed E-state index contributed by atoms with van der Waals surface area (Å²) in [6.45, 7) is 0. The number of nitrogens with zero attached hydrogens (tertiary/aromatic N) is 1. The van der Waals surface area contributed by atoms with Crippen molar-refractivity contribution in [3.8, 4) is 5.75 Å². The van der Waals surface area contributed by atoms with Gasteiger partial charge in [-0.25, -0.2) is 4.90 Å². The molecule has 0 spiro atoms. The fraction of sp³-hybridized carbons (Fsp3) is 0.156. The zero-order valence-electron chi connectivity index (χ0n) is 19.9. The highest BCUT2D eigenvalue weighted by Gasteiger charge is 2.62. The molecule has 4 aromatic carbocycles. The predicted octanol–water partition coefficient (Wildman–Crippen LogP) is 5.23. The topological polar surface area (TPSA) is 63.7 Å². The van der Waals surface area contributed by atoms with Gasteiger partial charge in [-0.2, -0.15) is 0 Å². The highest BCUT2D eigenvalue weighted by atomic mass is 16.5. The van der Waals surface area contributed by atoms with Crippen molar-refractivity contribution in [2.24, 2.45) is 11.8 Å². The number of hydrogen-bond donors (Lipinski definition) is 0. The summed E-state index contributed by atoms with van der Waals surface area (Å²) in [6, 6.07) is 32.5. The van der Waals surface area contributed by atoms with Crippen LogP contribution in [0.5, 0.6) is 5.75 Å². The number of esters is 1. The minimum Gasteiger partial charge on any atom is -0.424 e. The number of anilines is 1. The molecule has 0 unspecified atom stereocenters. The van der Waals surface area contributed by atoms with Crippen molar-refractivity contribution in [2.75, 3.05) is 4.90 Å². The van der Waals surface area contributed by atoms with Crippen LogP contribution in [0.3, 0.4) is 0 Å². The Morgan fingerprint density at radius 2 is 1.08 bits per heavy atom. The van der Waals surface area contributed by atoms with E-state index in [1.165, 1.54) is 4.90 Å². The van der Waals surface area contributed by atoms with Crippen molar-refractivity contribution in [1.29, 1.82) is 0 Å². The average molecular weight is 486 g/mol. The van der Waals surface area contributed by atoms with E-state index in [2.05, 4.69) is 24.3 Å². The Balaban J connectivity index is 1.27. The zero-order valence-corrected chi connectivity index (χ0v) is 19.9. The highest BCUT2D eigenvalue weighted by Crippen LogP contribution is 2.61. The molecule has 4 aliphatic rings. The number of rotatable bonds is 4. The van der Waals surface area contributed by atoms with E-state index in [-0.39, 0.29) is 35.8 Å². The van der Waals surface area contributed by atoms with Crippen molar-refractivity contribution in [1.82, 2.24) is 0 Å². The molecule has 1 heterocycles. The Hall–Kier alpha value is -4.51. The first kappa shape index (κ1) is 21.7. The van der Waals surface area contributed by atoms with Crippen molar-refractivity contribution in [3.63, 3.8) is 0 Å². The minimum absolute atomic E-state index is 0.0943. The van der Waals surface area contributed by atoms with E-state index in [9.17, 15) is 14.4 Å². The van der Waals surface area contributed by atoms with Crippen molar-refractivity contribution >= 4 is 23.5 Å². The van der Waals surface area contributed by atoms with E-state index in [1.54, 1.807) is 24.3 Å². The summed E-state index contributed by atoms with van der Waals surface area (Å²) >= 11 is 0. The summed E-state index contributed by atoms with van der Waals surface area (Å²) in [5.74, 6) is -2.05. The first-order chi connectivity index (χ1) is 18.1. The van der Waals surface area contributed by atoms with Gasteiger partial charge in [0.1, 0.15) is 0 Å². The number of para-hydroxylation sites is 2. The Bertz CT molecular complexity index is 1460. The molecule has 0 radical (unpaired) electrons. The van der Waals surface area contributed by atoms with Gasteiger partial charge in [0.05, 0.1) is 23.9 Å². The molecule has 4 aromatic rings. The summed E-state index contributed by atoms with van der Waals surface area (Å²) in [5, 5.41) is 0. The third kappa shape index (κ3) is 3.20. The van der Waals surface area contributed by atoms with Crippen LogP contribution in [0, 0.1) is 11.8 Å². The molecule has 2 amide bonds. The van der Waals surface area contributed by atoms with Gasteiger partial charge < -0.3 is 4.74 Å². The molecule has 0 aromatic heterocycles. The lowest BCUT2D eigenvalue weighted by molar-refractivity contribution is -0.134. The SMILES string of the molecule is O=C(Cc1ccccc1)Oc1ccccc1N1C(=O)[C@@H]2C3c4ccccc4C(c4ccccc43)[C@H]2C1=O. The lowest BCUT2D eigenvalue weighted by atomic mass is 9.55. The third-order valence-corrected chi connectivity index (χ3v) is 7.97. The molecule has 3 aliphatic carbocycles. The number of benzene rings is 4. The fourth-order valence-electron chi connectivity index (χ4n) is 6.56. The van der Waals surface area contributed by atoms with Crippen molar-refractivity contribution in [2.45, 2.75) is 18.3 Å². The normalized spacial score (nSPS) is 22.9. The van der Waals surface area contributed by atoms with Gasteiger partial charge in [-0.15, -0.1) is 0 Å². The van der Waals surface area contributed by atoms with Crippen LogP contribution in [-0.4, -0.2) is 17.8 Å². The van der Waals surface area contributed by atoms with Gasteiger partial charge >= 0.3 is 5.97 Å². The number of amides is 2. The van der Waals surface area contributed by atoms with E-state index in [4.69, 9.17) is 4.74 Å². The van der Waals surface area contributed by atoms with Crippen molar-refractivity contribution in [3.05, 3.63) is 131 Å². The van der Waals surface area contributed by atoms with E-state index in [0.717, 1.165) is 27.8 Å². The molecule has 8 rings (SSSR count). The Labute approximate surface area is 214 Å². The van der Waals surface area contributed by atoms with Crippen LogP contribution in [0.25, 0.3) is 0 Å². The second-order valence-electron chi connectivity index (χ2n) is 9.88. The van der Waals surface area contributed by atoms with Crippen molar-refractivity contribution < 1.29 is 19.1 Å². The van der Waals surface area contributed by atoms with Crippen LogP contribution in [0.2, 0.25) is 0 Å². The summed E-state index contributed by atoms with van der Waals surface area (Å²) in [7, 11) is 0. The third-order valence-electron chi connectivity index (χ3n) is 7.97. The molecule has 1 saturated heterocycles. The molecule has 37 heavy (non-hydrogen) atoms. The van der Waals surface area contributed by atoms with Crippen LogP contribution in [0.4, 0.5) is 5.69 Å². The first-order valence-electron chi connectivity index (χ1n) is 12.5. The van der Waals surface area contributed by atoms with E-state index >= 15 is 0 Å². The molecule has 5 heteroatoms. The molecular formula is C32H23NO4. The summed E-state index contributed by atoms with van der Waals surface area (Å²) in [6.07, 6.45) is 0.0943. The molecule has 1 fully saturated rings. The van der Waals surface area contributed by atoms with Gasteiger partial charge in [-0.05, 0) is 39.9 Å². The predicted molar refractivity (Wildman–Crippen MR) is 138 cm³/mol. The van der Waals surface area contributed by atoms with Crippen LogP contribution < -0.4 is 9.64 Å². The molecule has 2 atom stereocenters. The minimum atomic E-state index is -0.490. The number of ether oxygens (including phenoxy) is 1.